The van der Waals surface area contributed by atoms with Gasteiger partial charge in [-0.25, -0.2) is 9.13 Å². The number of rotatable bonds is 6. The molecule has 1 aromatic heterocycles. The number of aromatic amines is 1. The van der Waals surface area contributed by atoms with Crippen molar-refractivity contribution in [1.82, 2.24) is 9.55 Å². The van der Waals surface area contributed by atoms with Crippen molar-refractivity contribution in [3.8, 4) is 0 Å². The molecule has 0 amide bonds. The summed E-state index contributed by atoms with van der Waals surface area (Å²) in [5.74, 6) is 0. The van der Waals surface area contributed by atoms with Crippen molar-refractivity contribution in [1.29, 1.82) is 0 Å². The number of ether oxygens (including phenoxy) is 1. The van der Waals surface area contributed by atoms with Crippen molar-refractivity contribution < 1.29 is 47.6 Å². The average Bonchev–Trinajstić information content (AvgIpc) is 2.75. The quantitative estimate of drug-likeness (QED) is 0.237. The highest BCUT2D eigenvalue weighted by Gasteiger charge is 2.45. The van der Waals surface area contributed by atoms with Gasteiger partial charge in [0.05, 0.1) is 6.61 Å². The molecule has 0 radical (unpaired) electrons. The van der Waals surface area contributed by atoms with Gasteiger partial charge in [-0.3, -0.25) is 18.9 Å². The minimum atomic E-state index is -5.30. The summed E-state index contributed by atoms with van der Waals surface area (Å²) in [6.45, 7) is 0.641. The highest BCUT2D eigenvalue weighted by molar-refractivity contribution is 7.71. The Balaban J connectivity index is 2.14. The molecule has 26 heavy (non-hydrogen) atoms. The van der Waals surface area contributed by atoms with Crippen molar-refractivity contribution in [2.75, 3.05) is 6.61 Å². The van der Waals surface area contributed by atoms with E-state index in [1.165, 1.54) is 17.7 Å². The van der Waals surface area contributed by atoms with Crippen molar-refractivity contribution in [2.24, 2.45) is 0 Å². The van der Waals surface area contributed by atoms with E-state index in [0.29, 0.717) is 0 Å². The fourth-order valence-electron chi connectivity index (χ4n) is 2.20. The third kappa shape index (κ3) is 5.15. The van der Waals surface area contributed by atoms with Crippen molar-refractivity contribution in [3.05, 3.63) is 26.9 Å². The predicted octanol–water partition coefficient (Wildman–Crippen LogP) is -0.940. The monoisotopic (exact) mass is 434 g/mol. The highest BCUT2D eigenvalue weighted by atomic mass is 32.1. The van der Waals surface area contributed by atoms with Crippen molar-refractivity contribution in [2.45, 2.75) is 31.5 Å². The molecule has 13 nitrogen and oxygen atoms in total. The predicted molar refractivity (Wildman–Crippen MR) is 85.5 cm³/mol. The van der Waals surface area contributed by atoms with E-state index in [0.717, 1.165) is 0 Å². The molecule has 0 bridgehead atoms. The van der Waals surface area contributed by atoms with Gasteiger partial charge in [-0.05, 0) is 19.1 Å². The average molecular weight is 434 g/mol. The molecule has 1 unspecified atom stereocenters. The molecule has 1 aliphatic rings. The fourth-order valence-corrected chi connectivity index (χ4v) is 4.05. The van der Waals surface area contributed by atoms with Gasteiger partial charge in [-0.2, -0.15) is 4.31 Å². The molecule has 1 aromatic rings. The van der Waals surface area contributed by atoms with Crippen LogP contribution in [0.1, 0.15) is 11.8 Å². The van der Waals surface area contributed by atoms with Crippen LogP contribution in [-0.2, 0) is 22.7 Å². The Bertz CT molecular complexity index is 878. The summed E-state index contributed by atoms with van der Waals surface area (Å²) < 4.78 is 36.4. The second-order valence-corrected chi connectivity index (χ2v) is 8.58. The molecule has 0 aromatic carbocycles. The van der Waals surface area contributed by atoms with Gasteiger partial charge in [0, 0.05) is 11.8 Å². The van der Waals surface area contributed by atoms with Crippen LogP contribution in [0.15, 0.2) is 11.0 Å². The van der Waals surface area contributed by atoms with Gasteiger partial charge in [0.2, 0.25) is 0 Å². The zero-order chi connectivity index (χ0) is 19.9. The summed E-state index contributed by atoms with van der Waals surface area (Å²) in [5, 5.41) is 20.1. The van der Waals surface area contributed by atoms with Crippen LogP contribution < -0.4 is 5.56 Å². The van der Waals surface area contributed by atoms with Crippen LogP contribution in [0, 0.1) is 11.7 Å². The van der Waals surface area contributed by atoms with Crippen LogP contribution >= 0.6 is 27.9 Å². The maximum Gasteiger partial charge on any atom is 0.481 e. The first-order valence-electron chi connectivity index (χ1n) is 6.88. The van der Waals surface area contributed by atoms with Crippen LogP contribution in [-0.4, -0.2) is 59.4 Å². The van der Waals surface area contributed by atoms with Gasteiger partial charge in [0.15, 0.2) is 11.0 Å². The van der Waals surface area contributed by atoms with E-state index in [-0.39, 0.29) is 10.3 Å². The number of nitrogens with one attached hydrogen (secondary N) is 1. The Labute approximate surface area is 150 Å². The number of H-pyrrole nitrogens is 1. The molecule has 2 heterocycles. The molecule has 16 heteroatoms. The Morgan fingerprint density at radius 2 is 1.92 bits per heavy atom. The van der Waals surface area contributed by atoms with Crippen molar-refractivity contribution >= 4 is 27.9 Å². The second kappa shape index (κ2) is 7.70. The van der Waals surface area contributed by atoms with Gasteiger partial charge >= 0.3 is 15.6 Å². The largest absolute Gasteiger partial charge is 0.481 e. The third-order valence-corrected chi connectivity index (χ3v) is 5.83. The Hall–Kier alpha value is -0.760. The van der Waals surface area contributed by atoms with E-state index in [1.54, 1.807) is 0 Å². The van der Waals surface area contributed by atoms with E-state index >= 15 is 0 Å². The van der Waals surface area contributed by atoms with E-state index in [9.17, 15) is 29.0 Å². The number of phosphoric acid groups is 2. The van der Waals surface area contributed by atoms with Crippen LogP contribution in [0.3, 0.4) is 0 Å². The Morgan fingerprint density at radius 3 is 2.50 bits per heavy atom. The zero-order valence-electron chi connectivity index (χ0n) is 13.0. The smallest absolute Gasteiger partial charge is 0.387 e. The first-order chi connectivity index (χ1) is 11.8. The standard InChI is InChI=1S/C10H16N2O11P2S/c1-4-2-12(10(26)11-8(4)15)9-7(14)6(13)5(22-9)3-21-25(19,20)23-24(16,17)18/h2,5-7,9,13-14H,3H2,1H3,(H,19,20)(H,11,15,26)(H2,16,17,18)/t5-,6-,7-,9-/m1/s1. The zero-order valence-corrected chi connectivity index (χ0v) is 15.6. The number of aromatic nitrogens is 2. The van der Waals surface area contributed by atoms with Gasteiger partial charge in [0.1, 0.15) is 18.3 Å². The minimum Gasteiger partial charge on any atom is -0.387 e. The Kier molecular flexibility index (Phi) is 6.38. The lowest BCUT2D eigenvalue weighted by atomic mass is 10.1. The fraction of sp³-hybridized carbons (Fsp3) is 0.600. The normalized spacial score (nSPS) is 28.8. The van der Waals surface area contributed by atoms with Gasteiger partial charge < -0.3 is 29.6 Å². The highest BCUT2D eigenvalue weighted by Crippen LogP contribution is 2.57. The molecule has 2 rings (SSSR count). The lowest BCUT2D eigenvalue weighted by Crippen LogP contribution is -2.34. The topological polar surface area (TPSA) is 201 Å². The summed E-state index contributed by atoms with van der Waals surface area (Å²) in [6, 6.07) is 0. The summed E-state index contributed by atoms with van der Waals surface area (Å²) in [4.78, 5) is 40.1. The third-order valence-electron chi connectivity index (χ3n) is 3.37. The number of aryl methyl sites for hydroxylation is 1. The second-order valence-electron chi connectivity index (χ2n) is 5.36. The van der Waals surface area contributed by atoms with E-state index in [1.807, 2.05) is 0 Å². The molecule has 1 saturated heterocycles. The van der Waals surface area contributed by atoms with E-state index < -0.39 is 52.4 Å². The van der Waals surface area contributed by atoms with E-state index in [2.05, 4.69) is 13.8 Å². The lowest BCUT2D eigenvalue weighted by molar-refractivity contribution is -0.0534. The summed E-state index contributed by atoms with van der Waals surface area (Å²) in [6.07, 6.45) is -4.45. The van der Waals surface area contributed by atoms with Crippen LogP contribution in [0.5, 0.6) is 0 Å². The number of nitrogens with zero attached hydrogens (tertiary/aromatic N) is 1. The minimum absolute atomic E-state index is 0.101. The molecule has 0 saturated carbocycles. The molecule has 5 atom stereocenters. The molecule has 1 fully saturated rings. The molecule has 0 aliphatic carbocycles. The molecule has 1 aliphatic heterocycles. The maximum absolute atomic E-state index is 11.5. The van der Waals surface area contributed by atoms with Crippen molar-refractivity contribution in [3.63, 3.8) is 0 Å². The maximum atomic E-state index is 11.5. The van der Waals surface area contributed by atoms with Crippen LogP contribution in [0.2, 0.25) is 0 Å². The Morgan fingerprint density at radius 1 is 1.31 bits per heavy atom. The SMILES string of the molecule is Cc1cn([C@@H]2O[C@H](COP(=O)(O)OP(=O)(O)O)[C@@H](O)[C@H]2O)c(=S)[nH]c1=O. The van der Waals surface area contributed by atoms with Crippen LogP contribution in [0.4, 0.5) is 0 Å². The molecule has 148 valence electrons. The van der Waals surface area contributed by atoms with E-state index in [4.69, 9.17) is 26.7 Å². The summed E-state index contributed by atoms with van der Waals surface area (Å²) in [5.41, 5.74) is -0.200. The summed E-state index contributed by atoms with van der Waals surface area (Å²) >= 11 is 4.96. The first kappa shape index (κ1) is 21.5. The van der Waals surface area contributed by atoms with Gasteiger partial charge in [-0.15, -0.1) is 0 Å². The molecular weight excluding hydrogens is 418 g/mol. The lowest BCUT2D eigenvalue weighted by Gasteiger charge is -2.19. The first-order valence-corrected chi connectivity index (χ1v) is 10.3. The number of hydrogen-bond acceptors (Lipinski definition) is 9. The molecular formula is C10H16N2O11P2S. The molecule has 0 spiro atoms. The number of aliphatic hydroxyl groups is 2. The van der Waals surface area contributed by atoms with Gasteiger partial charge in [0.25, 0.3) is 5.56 Å². The van der Waals surface area contributed by atoms with Gasteiger partial charge in [-0.1, -0.05) is 0 Å². The van der Waals surface area contributed by atoms with Crippen LogP contribution in [0.25, 0.3) is 0 Å². The number of phosphoric ester groups is 1. The number of hydrogen-bond donors (Lipinski definition) is 6. The summed E-state index contributed by atoms with van der Waals surface area (Å²) in [7, 11) is -10.4. The number of aliphatic hydroxyl groups excluding tert-OH is 2. The molecule has 6 N–H and O–H groups in total.